The topological polar surface area (TPSA) is 20.3 Å². The van der Waals surface area contributed by atoms with Crippen LogP contribution in [-0.4, -0.2) is 23.4 Å². The fraction of sp³-hybridized carbons (Fsp3) is 0.421. The Kier molecular flexibility index (Phi) is 5.29. The van der Waals surface area contributed by atoms with Gasteiger partial charge in [-0.15, -0.1) is 11.3 Å². The van der Waals surface area contributed by atoms with Gasteiger partial charge in [-0.1, -0.05) is 25.3 Å². The van der Waals surface area contributed by atoms with Gasteiger partial charge >= 0.3 is 0 Å². The molecule has 5 heteroatoms. The summed E-state index contributed by atoms with van der Waals surface area (Å²) in [6, 6.07) is 7.75. The van der Waals surface area contributed by atoms with Crippen molar-refractivity contribution < 1.29 is 13.6 Å². The molecule has 1 aliphatic carbocycles. The molecule has 0 bridgehead atoms. The molecule has 0 N–H and O–H groups in total. The molecule has 1 aromatic heterocycles. The molecule has 3 rings (SSSR count). The Balaban J connectivity index is 1.80. The summed E-state index contributed by atoms with van der Waals surface area (Å²) in [4.78, 5) is 16.2. The van der Waals surface area contributed by atoms with E-state index in [0.29, 0.717) is 23.0 Å². The van der Waals surface area contributed by atoms with Crippen molar-refractivity contribution in [1.82, 2.24) is 4.90 Å². The molecular weight excluding hydrogens is 328 g/mol. The van der Waals surface area contributed by atoms with E-state index in [-0.39, 0.29) is 5.91 Å². The quantitative estimate of drug-likeness (QED) is 0.715. The normalized spacial score (nSPS) is 15.5. The maximum absolute atomic E-state index is 13.4. The van der Waals surface area contributed by atoms with Crippen LogP contribution in [-0.2, 0) is 0 Å². The number of hydrogen-bond donors (Lipinski definition) is 0. The lowest BCUT2D eigenvalue weighted by molar-refractivity contribution is 0.0653. The second kappa shape index (κ2) is 7.43. The van der Waals surface area contributed by atoms with Crippen molar-refractivity contribution in [2.45, 2.75) is 45.1 Å². The molecule has 1 heterocycles. The number of thiophene rings is 1. The summed E-state index contributed by atoms with van der Waals surface area (Å²) >= 11 is 1.34. The third-order valence-electron chi connectivity index (χ3n) is 4.64. The monoisotopic (exact) mass is 349 g/mol. The molecule has 0 spiro atoms. The molecule has 128 valence electrons. The van der Waals surface area contributed by atoms with E-state index in [4.69, 9.17) is 0 Å². The highest BCUT2D eigenvalue weighted by molar-refractivity contribution is 7.17. The zero-order valence-corrected chi connectivity index (χ0v) is 14.5. The van der Waals surface area contributed by atoms with Crippen molar-refractivity contribution in [3.63, 3.8) is 0 Å². The van der Waals surface area contributed by atoms with Crippen molar-refractivity contribution in [1.29, 1.82) is 0 Å². The highest BCUT2D eigenvalue weighted by Gasteiger charge is 2.26. The molecular formula is C19H21F2NOS. The summed E-state index contributed by atoms with van der Waals surface area (Å²) in [5.41, 5.74) is 0.596. The van der Waals surface area contributed by atoms with Gasteiger partial charge < -0.3 is 4.90 Å². The molecule has 0 unspecified atom stereocenters. The maximum atomic E-state index is 13.4. The molecule has 1 saturated carbocycles. The van der Waals surface area contributed by atoms with Gasteiger partial charge in [0, 0.05) is 17.5 Å². The van der Waals surface area contributed by atoms with Crippen LogP contribution in [0.15, 0.2) is 30.3 Å². The van der Waals surface area contributed by atoms with E-state index in [2.05, 4.69) is 0 Å². The number of hydrogen-bond acceptors (Lipinski definition) is 2. The predicted octanol–water partition coefficient (Wildman–Crippen LogP) is 5.49. The van der Waals surface area contributed by atoms with Gasteiger partial charge in [-0.05, 0) is 49.6 Å². The van der Waals surface area contributed by atoms with Crippen molar-refractivity contribution in [3.05, 3.63) is 46.8 Å². The van der Waals surface area contributed by atoms with E-state index in [1.54, 1.807) is 12.1 Å². The van der Waals surface area contributed by atoms with E-state index in [1.165, 1.54) is 42.7 Å². The van der Waals surface area contributed by atoms with E-state index >= 15 is 0 Å². The Morgan fingerprint density at radius 3 is 2.54 bits per heavy atom. The predicted molar refractivity (Wildman–Crippen MR) is 93.3 cm³/mol. The summed E-state index contributed by atoms with van der Waals surface area (Å²) in [5, 5.41) is 0. The second-order valence-corrected chi connectivity index (χ2v) is 7.26. The average Bonchev–Trinajstić information content (AvgIpc) is 3.09. The van der Waals surface area contributed by atoms with E-state index in [9.17, 15) is 13.6 Å². The Morgan fingerprint density at radius 2 is 1.88 bits per heavy atom. The van der Waals surface area contributed by atoms with Gasteiger partial charge in [0.1, 0.15) is 0 Å². The number of amides is 1. The Bertz CT molecular complexity index is 722. The highest BCUT2D eigenvalue weighted by Crippen LogP contribution is 2.31. The van der Waals surface area contributed by atoms with Gasteiger partial charge in [0.25, 0.3) is 5.91 Å². The molecule has 1 aliphatic rings. The molecule has 2 nitrogen and oxygen atoms in total. The molecule has 0 atom stereocenters. The first-order valence-corrected chi connectivity index (χ1v) is 9.28. The van der Waals surface area contributed by atoms with Gasteiger partial charge in [-0.2, -0.15) is 0 Å². The molecule has 1 fully saturated rings. The zero-order valence-electron chi connectivity index (χ0n) is 13.7. The van der Waals surface area contributed by atoms with Crippen LogP contribution in [0.4, 0.5) is 8.78 Å². The lowest BCUT2D eigenvalue weighted by Gasteiger charge is -2.33. The Hall–Kier alpha value is -1.75. The van der Waals surface area contributed by atoms with Crippen molar-refractivity contribution >= 4 is 17.2 Å². The number of rotatable bonds is 4. The fourth-order valence-corrected chi connectivity index (χ4v) is 4.32. The number of halogens is 2. The zero-order chi connectivity index (χ0) is 17.1. The summed E-state index contributed by atoms with van der Waals surface area (Å²) in [6.45, 7) is 2.71. The third kappa shape index (κ3) is 3.51. The highest BCUT2D eigenvalue weighted by atomic mass is 32.1. The molecule has 1 aromatic carbocycles. The SMILES string of the molecule is CCN(C(=O)c1ccc(-c2ccc(F)c(F)c2)s1)C1CCCCC1. The van der Waals surface area contributed by atoms with Gasteiger partial charge in [-0.3, -0.25) is 4.79 Å². The van der Waals surface area contributed by atoms with Crippen LogP contribution in [0.3, 0.4) is 0 Å². The number of benzene rings is 1. The summed E-state index contributed by atoms with van der Waals surface area (Å²) in [5.74, 6) is -1.68. The lowest BCUT2D eigenvalue weighted by Crippen LogP contribution is -2.40. The second-order valence-electron chi connectivity index (χ2n) is 6.18. The fourth-order valence-electron chi connectivity index (χ4n) is 3.36. The third-order valence-corrected chi connectivity index (χ3v) is 5.76. The number of carbonyl (C=O) groups is 1. The van der Waals surface area contributed by atoms with Crippen molar-refractivity contribution in [3.8, 4) is 10.4 Å². The van der Waals surface area contributed by atoms with Crippen LogP contribution in [0.1, 0.15) is 48.7 Å². The Morgan fingerprint density at radius 1 is 1.12 bits per heavy atom. The molecule has 1 amide bonds. The van der Waals surface area contributed by atoms with Gasteiger partial charge in [0.2, 0.25) is 0 Å². The molecule has 0 radical (unpaired) electrons. The van der Waals surface area contributed by atoms with Crippen LogP contribution in [0.5, 0.6) is 0 Å². The minimum absolute atomic E-state index is 0.0447. The molecule has 2 aromatic rings. The summed E-state index contributed by atoms with van der Waals surface area (Å²) in [7, 11) is 0. The first-order valence-electron chi connectivity index (χ1n) is 8.46. The van der Waals surface area contributed by atoms with Crippen LogP contribution in [0, 0.1) is 11.6 Å². The van der Waals surface area contributed by atoms with Gasteiger partial charge in [0.05, 0.1) is 4.88 Å². The summed E-state index contributed by atoms with van der Waals surface area (Å²) < 4.78 is 26.5. The first kappa shape index (κ1) is 17.1. The van der Waals surface area contributed by atoms with E-state index in [1.807, 2.05) is 11.8 Å². The van der Waals surface area contributed by atoms with Crippen LogP contribution >= 0.6 is 11.3 Å². The largest absolute Gasteiger partial charge is 0.335 e. The van der Waals surface area contributed by atoms with E-state index < -0.39 is 11.6 Å². The van der Waals surface area contributed by atoms with Crippen LogP contribution in [0.2, 0.25) is 0 Å². The first-order chi connectivity index (χ1) is 11.6. The Labute approximate surface area is 145 Å². The van der Waals surface area contributed by atoms with Gasteiger partial charge in [0.15, 0.2) is 11.6 Å². The summed E-state index contributed by atoms with van der Waals surface area (Å²) in [6.07, 6.45) is 5.75. The van der Waals surface area contributed by atoms with Crippen molar-refractivity contribution in [2.75, 3.05) is 6.54 Å². The minimum atomic E-state index is -0.869. The van der Waals surface area contributed by atoms with Crippen molar-refractivity contribution in [2.24, 2.45) is 0 Å². The molecule has 0 aliphatic heterocycles. The van der Waals surface area contributed by atoms with E-state index in [0.717, 1.165) is 23.8 Å². The standard InChI is InChI=1S/C19H21F2NOS/c1-2-22(14-6-4-3-5-7-14)19(23)18-11-10-17(24-18)13-8-9-15(20)16(21)12-13/h8-12,14H,2-7H2,1H3. The van der Waals surface area contributed by atoms with Crippen LogP contribution in [0.25, 0.3) is 10.4 Å². The smallest absolute Gasteiger partial charge is 0.264 e. The lowest BCUT2D eigenvalue weighted by atomic mass is 9.94. The van der Waals surface area contributed by atoms with Crippen LogP contribution < -0.4 is 0 Å². The molecule has 24 heavy (non-hydrogen) atoms. The number of nitrogens with zero attached hydrogens (tertiary/aromatic N) is 1. The molecule has 0 saturated heterocycles. The van der Waals surface area contributed by atoms with Gasteiger partial charge in [-0.25, -0.2) is 8.78 Å². The average molecular weight is 349 g/mol. The minimum Gasteiger partial charge on any atom is -0.335 e. The number of carbonyl (C=O) groups excluding carboxylic acids is 1. The maximum Gasteiger partial charge on any atom is 0.264 e.